The van der Waals surface area contributed by atoms with Crippen LogP contribution in [0.4, 0.5) is 16.3 Å². The van der Waals surface area contributed by atoms with Crippen molar-refractivity contribution in [3.63, 3.8) is 0 Å². The van der Waals surface area contributed by atoms with E-state index in [1.54, 1.807) is 6.07 Å². The number of likely N-dealkylation sites (tertiary alicyclic amines) is 1. The van der Waals surface area contributed by atoms with Gasteiger partial charge in [-0.1, -0.05) is 12.1 Å². The molecule has 0 bridgehead atoms. The summed E-state index contributed by atoms with van der Waals surface area (Å²) in [7, 11) is 2.21. The van der Waals surface area contributed by atoms with Crippen LogP contribution in [0, 0.1) is 0 Å². The molecule has 1 aromatic carbocycles. The number of likely N-dealkylation sites (N-methyl/N-ethyl adjacent to an activating group) is 1. The van der Waals surface area contributed by atoms with Crippen molar-refractivity contribution in [1.29, 1.82) is 0 Å². The second-order valence-electron chi connectivity index (χ2n) is 11.7. The number of rotatable bonds is 5. The fourth-order valence-electron chi connectivity index (χ4n) is 5.68. The third-order valence-electron chi connectivity index (χ3n) is 7.84. The third kappa shape index (κ3) is 5.96. The van der Waals surface area contributed by atoms with E-state index >= 15 is 0 Å². The van der Waals surface area contributed by atoms with Crippen LogP contribution in [-0.4, -0.2) is 113 Å². The van der Waals surface area contributed by atoms with Crippen LogP contribution in [0.25, 0.3) is 11.3 Å². The lowest BCUT2D eigenvalue weighted by atomic mass is 10.0. The molecular weight excluding hydrogens is 482 g/mol. The number of phenolic OH excluding ortho intramolecular Hbond substituents is 1. The van der Waals surface area contributed by atoms with Gasteiger partial charge in [-0.25, -0.2) is 4.79 Å². The highest BCUT2D eigenvalue weighted by atomic mass is 16.6. The quantitative estimate of drug-likeness (QED) is 0.613. The van der Waals surface area contributed by atoms with E-state index in [1.807, 2.05) is 49.9 Å². The van der Waals surface area contributed by atoms with Gasteiger partial charge >= 0.3 is 6.09 Å². The Balaban J connectivity index is 1.12. The van der Waals surface area contributed by atoms with Gasteiger partial charge in [0.25, 0.3) is 0 Å². The molecule has 4 heterocycles. The van der Waals surface area contributed by atoms with Crippen LogP contribution in [0.5, 0.6) is 5.75 Å². The summed E-state index contributed by atoms with van der Waals surface area (Å²) in [5.74, 6) is 1.03. The van der Waals surface area contributed by atoms with Gasteiger partial charge in [-0.15, -0.1) is 10.2 Å². The maximum Gasteiger partial charge on any atom is 0.410 e. The molecule has 1 aromatic heterocycles. The van der Waals surface area contributed by atoms with Gasteiger partial charge in [0, 0.05) is 64.0 Å². The molecule has 2 aromatic rings. The first-order valence-electron chi connectivity index (χ1n) is 13.7. The SMILES string of the molecule is CN(CCN1CCN2c3cc(-c4ccccc4O)nnc3NC[C@H]2C1)C1CCN(C(=O)OC(C)(C)C)CC1. The molecule has 0 unspecified atom stereocenters. The van der Waals surface area contributed by atoms with Gasteiger partial charge in [0.1, 0.15) is 11.4 Å². The molecule has 206 valence electrons. The maximum absolute atomic E-state index is 12.4. The molecule has 1 amide bonds. The minimum atomic E-state index is -0.453. The number of amides is 1. The molecule has 2 saturated heterocycles. The minimum Gasteiger partial charge on any atom is -0.507 e. The molecule has 0 saturated carbocycles. The van der Waals surface area contributed by atoms with E-state index in [1.165, 1.54) is 0 Å². The number of fused-ring (bicyclic) bond motifs is 3. The van der Waals surface area contributed by atoms with Crippen LogP contribution < -0.4 is 10.2 Å². The van der Waals surface area contributed by atoms with Gasteiger partial charge in [0.2, 0.25) is 0 Å². The Kier molecular flexibility index (Phi) is 7.63. The van der Waals surface area contributed by atoms with Crippen LogP contribution in [0.2, 0.25) is 0 Å². The van der Waals surface area contributed by atoms with Crippen LogP contribution in [0.3, 0.4) is 0 Å². The molecule has 2 N–H and O–H groups in total. The van der Waals surface area contributed by atoms with Crippen molar-refractivity contribution >= 4 is 17.6 Å². The van der Waals surface area contributed by atoms with Crippen molar-refractivity contribution in [2.75, 3.05) is 69.6 Å². The summed E-state index contributed by atoms with van der Waals surface area (Å²) in [4.78, 5) is 21.7. The van der Waals surface area contributed by atoms with Crippen molar-refractivity contribution in [2.24, 2.45) is 0 Å². The number of carbonyl (C=O) groups is 1. The summed E-state index contributed by atoms with van der Waals surface area (Å²) < 4.78 is 5.54. The standard InChI is InChI=1S/C28H41N7O3/c1-28(2,3)38-27(37)34-11-9-20(10-12-34)32(4)13-14-33-15-16-35-21(19-33)18-29-26-24(35)17-23(30-31-26)22-7-5-6-8-25(22)36/h5-8,17,20-21,36H,9-16,18-19H2,1-4H3,(H,29,31)/t21-/m0/s1. The Morgan fingerprint density at radius 1 is 1.16 bits per heavy atom. The number of nitrogens with one attached hydrogen (secondary N) is 1. The fourth-order valence-corrected chi connectivity index (χ4v) is 5.68. The summed E-state index contributed by atoms with van der Waals surface area (Å²) in [5.41, 5.74) is 1.99. The van der Waals surface area contributed by atoms with E-state index < -0.39 is 5.60 Å². The number of piperidine rings is 1. The van der Waals surface area contributed by atoms with Crippen LogP contribution in [0.15, 0.2) is 30.3 Å². The smallest absolute Gasteiger partial charge is 0.410 e. The zero-order valence-electron chi connectivity index (χ0n) is 23.1. The number of aromatic hydroxyl groups is 1. The molecule has 5 rings (SSSR count). The Labute approximate surface area is 225 Å². The average Bonchev–Trinajstić information content (AvgIpc) is 2.90. The van der Waals surface area contributed by atoms with E-state index in [9.17, 15) is 9.90 Å². The highest BCUT2D eigenvalue weighted by molar-refractivity contribution is 5.76. The second kappa shape index (κ2) is 10.9. The van der Waals surface area contributed by atoms with Gasteiger partial charge < -0.3 is 29.9 Å². The average molecular weight is 524 g/mol. The topological polar surface area (TPSA) is 97.3 Å². The molecule has 2 fully saturated rings. The van der Waals surface area contributed by atoms with Gasteiger partial charge in [-0.2, -0.15) is 0 Å². The summed E-state index contributed by atoms with van der Waals surface area (Å²) in [6.45, 7) is 13.0. The van der Waals surface area contributed by atoms with E-state index in [0.717, 1.165) is 76.7 Å². The molecule has 10 heteroatoms. The normalized spacial score (nSPS) is 20.6. The van der Waals surface area contributed by atoms with E-state index in [4.69, 9.17) is 4.74 Å². The first-order chi connectivity index (χ1) is 18.2. The lowest BCUT2D eigenvalue weighted by Crippen LogP contribution is -2.58. The minimum absolute atomic E-state index is 0.196. The van der Waals surface area contributed by atoms with Crippen molar-refractivity contribution in [3.8, 4) is 17.0 Å². The second-order valence-corrected chi connectivity index (χ2v) is 11.7. The van der Waals surface area contributed by atoms with Crippen molar-refractivity contribution in [3.05, 3.63) is 30.3 Å². The number of para-hydroxylation sites is 1. The zero-order chi connectivity index (χ0) is 26.9. The third-order valence-corrected chi connectivity index (χ3v) is 7.84. The highest BCUT2D eigenvalue weighted by Gasteiger charge is 2.34. The van der Waals surface area contributed by atoms with Gasteiger partial charge in [0.15, 0.2) is 5.82 Å². The zero-order valence-corrected chi connectivity index (χ0v) is 23.1. The summed E-state index contributed by atoms with van der Waals surface area (Å²) in [6.07, 6.45) is 1.76. The molecule has 0 radical (unpaired) electrons. The van der Waals surface area contributed by atoms with Gasteiger partial charge in [0.05, 0.1) is 17.4 Å². The number of carbonyl (C=O) groups excluding carboxylic acids is 1. The van der Waals surface area contributed by atoms with Crippen LogP contribution in [0.1, 0.15) is 33.6 Å². The number of piperazine rings is 1. The number of hydrogen-bond donors (Lipinski definition) is 2. The molecule has 0 spiro atoms. The fraction of sp³-hybridized carbons (Fsp3) is 0.607. The number of phenols is 1. The number of aromatic nitrogens is 2. The Morgan fingerprint density at radius 3 is 2.66 bits per heavy atom. The van der Waals surface area contributed by atoms with E-state index in [0.29, 0.717) is 23.3 Å². The van der Waals surface area contributed by atoms with Crippen LogP contribution in [-0.2, 0) is 4.74 Å². The van der Waals surface area contributed by atoms with E-state index in [2.05, 4.69) is 37.3 Å². The molecular formula is C28H41N7O3. The first-order valence-corrected chi connectivity index (χ1v) is 13.7. The monoisotopic (exact) mass is 523 g/mol. The molecule has 0 aliphatic carbocycles. The highest BCUT2D eigenvalue weighted by Crippen LogP contribution is 2.36. The van der Waals surface area contributed by atoms with Crippen molar-refractivity contribution < 1.29 is 14.6 Å². The van der Waals surface area contributed by atoms with Crippen molar-refractivity contribution in [2.45, 2.75) is 51.3 Å². The van der Waals surface area contributed by atoms with Gasteiger partial charge in [-0.3, -0.25) is 4.90 Å². The molecule has 3 aliphatic rings. The summed E-state index contributed by atoms with van der Waals surface area (Å²) in [6, 6.07) is 10.2. The van der Waals surface area contributed by atoms with Gasteiger partial charge in [-0.05, 0) is 58.9 Å². The maximum atomic E-state index is 12.4. The number of anilines is 2. The summed E-state index contributed by atoms with van der Waals surface area (Å²) in [5, 5.41) is 22.5. The lowest BCUT2D eigenvalue weighted by Gasteiger charge is -2.46. The molecule has 10 nitrogen and oxygen atoms in total. The Hall–Kier alpha value is -3.11. The Morgan fingerprint density at radius 2 is 1.92 bits per heavy atom. The summed E-state index contributed by atoms with van der Waals surface area (Å²) >= 11 is 0. The number of hydrogen-bond acceptors (Lipinski definition) is 9. The molecule has 1 atom stereocenters. The number of benzene rings is 1. The molecule has 3 aliphatic heterocycles. The predicted molar refractivity (Wildman–Crippen MR) is 149 cm³/mol. The van der Waals surface area contributed by atoms with E-state index in [-0.39, 0.29) is 11.8 Å². The molecule has 38 heavy (non-hydrogen) atoms. The van der Waals surface area contributed by atoms with Crippen molar-refractivity contribution in [1.82, 2.24) is 24.9 Å². The number of ether oxygens (including phenoxy) is 1. The van der Waals surface area contributed by atoms with Crippen LogP contribution >= 0.6 is 0 Å². The predicted octanol–water partition coefficient (Wildman–Crippen LogP) is 3.10. The Bertz CT molecular complexity index is 1130. The number of nitrogens with zero attached hydrogens (tertiary/aromatic N) is 6. The largest absolute Gasteiger partial charge is 0.507 e. The lowest BCUT2D eigenvalue weighted by molar-refractivity contribution is 0.0152. The first kappa shape index (κ1) is 26.5.